The Morgan fingerprint density at radius 3 is 2.27 bits per heavy atom. The van der Waals surface area contributed by atoms with Crippen LogP contribution in [-0.4, -0.2) is 11.3 Å². The van der Waals surface area contributed by atoms with Gasteiger partial charge in [0.1, 0.15) is 10.9 Å². The summed E-state index contributed by atoms with van der Waals surface area (Å²) < 4.78 is 78.2. The predicted octanol–water partition coefficient (Wildman–Crippen LogP) is 5.32. The highest BCUT2D eigenvalue weighted by atomic mass is 35.5. The van der Waals surface area contributed by atoms with Gasteiger partial charge >= 0.3 is 12.5 Å². The van der Waals surface area contributed by atoms with Gasteiger partial charge in [0.15, 0.2) is 0 Å². The van der Waals surface area contributed by atoms with Gasteiger partial charge in [-0.2, -0.15) is 13.2 Å². The summed E-state index contributed by atoms with van der Waals surface area (Å²) in [6, 6.07) is 5.16. The number of aromatic nitrogens is 1. The molecular weight excluding hydrogens is 336 g/mol. The van der Waals surface area contributed by atoms with Gasteiger partial charge in [0.2, 0.25) is 0 Å². The van der Waals surface area contributed by atoms with Gasteiger partial charge in [-0.05, 0) is 23.8 Å². The average Bonchev–Trinajstić information content (AvgIpc) is 2.36. The summed E-state index contributed by atoms with van der Waals surface area (Å²) in [5, 5.41) is -0.267. The summed E-state index contributed by atoms with van der Waals surface area (Å²) in [7, 11) is 0. The first-order valence-corrected chi connectivity index (χ1v) is 6.03. The van der Waals surface area contributed by atoms with Gasteiger partial charge in [0.05, 0.1) is 5.56 Å². The van der Waals surface area contributed by atoms with E-state index in [1.807, 2.05) is 0 Å². The molecule has 0 N–H and O–H groups in total. The Kier molecular flexibility index (Phi) is 4.23. The second-order valence-corrected chi connectivity index (χ2v) is 4.49. The second-order valence-electron chi connectivity index (χ2n) is 4.14. The van der Waals surface area contributed by atoms with Crippen molar-refractivity contribution in [2.45, 2.75) is 12.5 Å². The van der Waals surface area contributed by atoms with Crippen LogP contribution in [0.2, 0.25) is 5.15 Å². The third-order valence-electron chi connectivity index (χ3n) is 2.55. The maximum atomic E-state index is 12.7. The molecule has 1 aromatic carbocycles. The highest BCUT2D eigenvalue weighted by Gasteiger charge is 2.32. The lowest BCUT2D eigenvalue weighted by Crippen LogP contribution is -2.17. The number of ether oxygens (including phenoxy) is 1. The molecule has 1 heterocycles. The highest BCUT2D eigenvalue weighted by Crippen LogP contribution is 2.36. The van der Waals surface area contributed by atoms with Gasteiger partial charge in [0.25, 0.3) is 0 Å². The highest BCUT2D eigenvalue weighted by molar-refractivity contribution is 6.32. The van der Waals surface area contributed by atoms with Gasteiger partial charge in [0, 0.05) is 11.8 Å². The maximum Gasteiger partial charge on any atom is 0.573 e. The number of nitrogens with zero attached hydrogens (tertiary/aromatic N) is 1. The molecule has 0 radical (unpaired) electrons. The fraction of sp³-hybridized carbons (Fsp3) is 0.154. The van der Waals surface area contributed by atoms with Crippen LogP contribution in [0.3, 0.4) is 0 Å². The largest absolute Gasteiger partial charge is 0.573 e. The first-order chi connectivity index (χ1) is 10.1. The van der Waals surface area contributed by atoms with E-state index in [1.165, 1.54) is 12.1 Å². The molecule has 118 valence electrons. The zero-order valence-electron chi connectivity index (χ0n) is 10.5. The van der Waals surface area contributed by atoms with Gasteiger partial charge < -0.3 is 4.74 Å². The van der Waals surface area contributed by atoms with E-state index in [0.717, 1.165) is 12.1 Å². The molecule has 1 aromatic heterocycles. The van der Waals surface area contributed by atoms with E-state index in [2.05, 4.69) is 9.72 Å². The van der Waals surface area contributed by atoms with Gasteiger partial charge in [-0.1, -0.05) is 23.7 Å². The van der Waals surface area contributed by atoms with E-state index in [1.54, 1.807) is 0 Å². The minimum absolute atomic E-state index is 0.0188. The van der Waals surface area contributed by atoms with Crippen molar-refractivity contribution >= 4 is 11.6 Å². The minimum atomic E-state index is -4.91. The van der Waals surface area contributed by atoms with Gasteiger partial charge in [-0.25, -0.2) is 4.98 Å². The number of alkyl halides is 6. The first-order valence-electron chi connectivity index (χ1n) is 5.65. The Balaban J connectivity index is 2.46. The monoisotopic (exact) mass is 341 g/mol. The third-order valence-corrected chi connectivity index (χ3v) is 2.85. The molecule has 0 unspecified atom stereocenters. The summed E-state index contributed by atoms with van der Waals surface area (Å²) >= 11 is 5.72. The van der Waals surface area contributed by atoms with E-state index in [-0.39, 0.29) is 16.3 Å². The van der Waals surface area contributed by atoms with Crippen LogP contribution in [0.15, 0.2) is 36.5 Å². The van der Waals surface area contributed by atoms with E-state index in [4.69, 9.17) is 11.6 Å². The van der Waals surface area contributed by atoms with E-state index in [0.29, 0.717) is 12.3 Å². The van der Waals surface area contributed by atoms with Crippen molar-refractivity contribution in [3.63, 3.8) is 0 Å². The lowest BCUT2D eigenvalue weighted by Gasteiger charge is -2.12. The van der Waals surface area contributed by atoms with Crippen LogP contribution in [0.5, 0.6) is 5.75 Å². The summed E-state index contributed by atoms with van der Waals surface area (Å²) in [6.45, 7) is 0. The van der Waals surface area contributed by atoms with Crippen LogP contribution in [-0.2, 0) is 6.18 Å². The molecule has 2 rings (SSSR count). The van der Waals surface area contributed by atoms with Crippen LogP contribution in [0.4, 0.5) is 26.3 Å². The SMILES string of the molecule is FC(F)(F)Oc1cccc(-c2cc(C(F)(F)F)cnc2Cl)c1. The molecule has 0 aliphatic rings. The zero-order chi connectivity index (χ0) is 16.5. The van der Waals surface area contributed by atoms with Crippen molar-refractivity contribution in [3.05, 3.63) is 47.2 Å². The lowest BCUT2D eigenvalue weighted by atomic mass is 10.1. The second kappa shape index (κ2) is 5.68. The number of benzene rings is 1. The molecule has 0 amide bonds. The quantitative estimate of drug-likeness (QED) is 0.545. The number of hydrogen-bond acceptors (Lipinski definition) is 2. The van der Waals surface area contributed by atoms with Crippen molar-refractivity contribution in [2.75, 3.05) is 0 Å². The molecule has 0 bridgehead atoms. The Bertz CT molecular complexity index is 683. The summed E-state index contributed by atoms with van der Waals surface area (Å²) in [5.41, 5.74) is -1.19. The molecule has 0 aliphatic carbocycles. The maximum absolute atomic E-state index is 12.7. The molecule has 0 fully saturated rings. The molecule has 0 saturated carbocycles. The number of halogens is 7. The lowest BCUT2D eigenvalue weighted by molar-refractivity contribution is -0.274. The Morgan fingerprint density at radius 1 is 1.00 bits per heavy atom. The van der Waals surface area contributed by atoms with Crippen LogP contribution < -0.4 is 4.74 Å². The number of rotatable bonds is 2. The summed E-state index contributed by atoms with van der Waals surface area (Å²) in [6.07, 6.45) is -9.01. The molecular formula is C13H6ClF6NO. The summed E-state index contributed by atoms with van der Waals surface area (Å²) in [5.74, 6) is -0.571. The van der Waals surface area contributed by atoms with Crippen LogP contribution >= 0.6 is 11.6 Å². The number of hydrogen-bond donors (Lipinski definition) is 0. The average molecular weight is 342 g/mol. The molecule has 22 heavy (non-hydrogen) atoms. The van der Waals surface area contributed by atoms with Crippen molar-refractivity contribution < 1.29 is 31.1 Å². The van der Waals surface area contributed by atoms with Crippen LogP contribution in [0.1, 0.15) is 5.56 Å². The molecule has 2 aromatic rings. The topological polar surface area (TPSA) is 22.1 Å². The predicted molar refractivity (Wildman–Crippen MR) is 66.4 cm³/mol. The van der Waals surface area contributed by atoms with E-state index in [9.17, 15) is 26.3 Å². The van der Waals surface area contributed by atoms with Crippen molar-refractivity contribution in [3.8, 4) is 16.9 Å². The van der Waals surface area contributed by atoms with Crippen molar-refractivity contribution in [2.24, 2.45) is 0 Å². The normalized spacial score (nSPS) is 12.3. The summed E-state index contributed by atoms with van der Waals surface area (Å²) in [4.78, 5) is 3.41. The van der Waals surface area contributed by atoms with Gasteiger partial charge in [-0.15, -0.1) is 13.2 Å². The Hall–Kier alpha value is -1.96. The first kappa shape index (κ1) is 16.4. The van der Waals surface area contributed by atoms with Crippen LogP contribution in [0.25, 0.3) is 11.1 Å². The standard InChI is InChI=1S/C13H6ClF6NO/c14-11-10(5-8(6-21-11)12(15,16)17)7-2-1-3-9(4-7)22-13(18,19)20/h1-6H. The Morgan fingerprint density at radius 2 is 1.68 bits per heavy atom. The molecule has 0 spiro atoms. The minimum Gasteiger partial charge on any atom is -0.406 e. The smallest absolute Gasteiger partial charge is 0.406 e. The molecule has 2 nitrogen and oxygen atoms in total. The zero-order valence-corrected chi connectivity index (χ0v) is 11.2. The molecule has 0 aliphatic heterocycles. The fourth-order valence-electron chi connectivity index (χ4n) is 1.67. The van der Waals surface area contributed by atoms with Crippen molar-refractivity contribution in [1.82, 2.24) is 4.98 Å². The third kappa shape index (κ3) is 4.03. The van der Waals surface area contributed by atoms with Crippen molar-refractivity contribution in [1.29, 1.82) is 0 Å². The fourth-order valence-corrected chi connectivity index (χ4v) is 1.88. The van der Waals surface area contributed by atoms with Gasteiger partial charge in [-0.3, -0.25) is 0 Å². The van der Waals surface area contributed by atoms with E-state index >= 15 is 0 Å². The molecule has 9 heteroatoms. The van der Waals surface area contributed by atoms with E-state index < -0.39 is 23.9 Å². The number of pyridine rings is 1. The Labute approximate surface area is 125 Å². The van der Waals surface area contributed by atoms with Crippen LogP contribution in [0, 0.1) is 0 Å². The molecule has 0 saturated heterocycles. The molecule has 0 atom stereocenters.